The molecule has 2 aromatic carbocycles. The summed E-state index contributed by atoms with van der Waals surface area (Å²) in [6.07, 6.45) is 1.27. The van der Waals surface area contributed by atoms with Crippen LogP contribution in [0.25, 0.3) is 11.4 Å². The minimum Gasteiger partial charge on any atom is -0.302 e. The third kappa shape index (κ3) is 5.05. The summed E-state index contributed by atoms with van der Waals surface area (Å²) >= 11 is 4.53. The fraction of sp³-hybridized carbons (Fsp3) is 0.158. The number of benzene rings is 2. The van der Waals surface area contributed by atoms with Gasteiger partial charge in [0.2, 0.25) is 0 Å². The van der Waals surface area contributed by atoms with E-state index in [1.165, 1.54) is 24.0 Å². The van der Waals surface area contributed by atoms with Gasteiger partial charge < -0.3 is 4.57 Å². The van der Waals surface area contributed by atoms with Gasteiger partial charge in [0.15, 0.2) is 11.0 Å². The summed E-state index contributed by atoms with van der Waals surface area (Å²) in [5, 5.41) is 12.9. The number of thioether (sulfide) groups is 1. The molecule has 1 aromatic heterocycles. The Hall–Kier alpha value is -2.52. The van der Waals surface area contributed by atoms with Gasteiger partial charge in [0.1, 0.15) is 5.82 Å². The van der Waals surface area contributed by atoms with Gasteiger partial charge in [0.05, 0.1) is 12.0 Å². The van der Waals surface area contributed by atoms with Crippen LogP contribution in [0, 0.1) is 5.82 Å². The third-order valence-electron chi connectivity index (χ3n) is 3.75. The molecule has 0 spiro atoms. The highest BCUT2D eigenvalue weighted by molar-refractivity contribution is 9.10. The smallest absolute Gasteiger partial charge is 0.250 e. The van der Waals surface area contributed by atoms with Crippen molar-refractivity contribution in [2.24, 2.45) is 5.10 Å². The number of hydrogen-bond donors (Lipinski definition) is 1. The number of halogens is 2. The lowest BCUT2D eigenvalue weighted by Crippen LogP contribution is -2.20. The predicted molar refractivity (Wildman–Crippen MR) is 112 cm³/mol. The highest BCUT2D eigenvalue weighted by Gasteiger charge is 2.14. The second-order valence-electron chi connectivity index (χ2n) is 5.66. The Kier molecular flexibility index (Phi) is 6.94. The molecule has 3 aromatic rings. The Bertz CT molecular complexity index is 993. The van der Waals surface area contributed by atoms with Crippen LogP contribution in [0.4, 0.5) is 4.39 Å². The van der Waals surface area contributed by atoms with Crippen LogP contribution in [0.2, 0.25) is 0 Å². The topological polar surface area (TPSA) is 72.2 Å². The van der Waals surface area contributed by atoms with Crippen molar-refractivity contribution < 1.29 is 9.18 Å². The van der Waals surface area contributed by atoms with Crippen LogP contribution in [-0.4, -0.2) is 32.6 Å². The van der Waals surface area contributed by atoms with E-state index in [1.807, 2.05) is 41.8 Å². The molecule has 0 aliphatic carbocycles. The van der Waals surface area contributed by atoms with E-state index in [-0.39, 0.29) is 17.2 Å². The Morgan fingerprint density at radius 1 is 1.29 bits per heavy atom. The summed E-state index contributed by atoms with van der Waals surface area (Å²) in [5.74, 6) is 0.142. The molecule has 0 bridgehead atoms. The van der Waals surface area contributed by atoms with Gasteiger partial charge in [-0.1, -0.05) is 58.0 Å². The number of nitrogens with zero attached hydrogens (tertiary/aromatic N) is 4. The zero-order valence-corrected chi connectivity index (χ0v) is 17.4. The second kappa shape index (κ2) is 9.61. The number of amides is 1. The summed E-state index contributed by atoms with van der Waals surface area (Å²) in [4.78, 5) is 12.0. The summed E-state index contributed by atoms with van der Waals surface area (Å²) < 4.78 is 16.3. The molecule has 1 N–H and O–H groups in total. The highest BCUT2D eigenvalue weighted by atomic mass is 79.9. The summed E-state index contributed by atoms with van der Waals surface area (Å²) in [7, 11) is 0. The zero-order chi connectivity index (χ0) is 19.9. The highest BCUT2D eigenvalue weighted by Crippen LogP contribution is 2.23. The second-order valence-corrected chi connectivity index (χ2v) is 7.52. The Morgan fingerprint density at radius 2 is 2.07 bits per heavy atom. The Balaban J connectivity index is 1.60. The quantitative estimate of drug-likeness (QED) is 0.326. The number of hydrazone groups is 1. The molecule has 1 amide bonds. The van der Waals surface area contributed by atoms with E-state index in [4.69, 9.17) is 0 Å². The van der Waals surface area contributed by atoms with Gasteiger partial charge in [-0.25, -0.2) is 9.82 Å². The van der Waals surface area contributed by atoms with Crippen molar-refractivity contribution in [2.75, 3.05) is 5.75 Å². The Morgan fingerprint density at radius 3 is 2.82 bits per heavy atom. The van der Waals surface area contributed by atoms with E-state index in [2.05, 4.69) is 36.7 Å². The molecular weight excluding hydrogens is 445 g/mol. The number of aromatic nitrogens is 3. The van der Waals surface area contributed by atoms with E-state index in [9.17, 15) is 9.18 Å². The molecule has 0 aliphatic rings. The molecule has 0 unspecified atom stereocenters. The van der Waals surface area contributed by atoms with Crippen molar-refractivity contribution in [3.05, 3.63) is 64.4 Å². The van der Waals surface area contributed by atoms with E-state index >= 15 is 0 Å². The molecular formula is C19H17BrFN5OS. The van der Waals surface area contributed by atoms with Crippen molar-refractivity contribution in [1.29, 1.82) is 0 Å². The zero-order valence-electron chi connectivity index (χ0n) is 15.0. The van der Waals surface area contributed by atoms with Gasteiger partial charge in [0.25, 0.3) is 5.91 Å². The van der Waals surface area contributed by atoms with Crippen LogP contribution in [-0.2, 0) is 11.3 Å². The van der Waals surface area contributed by atoms with Crippen LogP contribution in [0.1, 0.15) is 12.5 Å². The van der Waals surface area contributed by atoms with E-state index in [0.717, 1.165) is 15.9 Å². The van der Waals surface area contributed by atoms with Gasteiger partial charge in [-0.3, -0.25) is 4.79 Å². The van der Waals surface area contributed by atoms with E-state index in [1.54, 1.807) is 12.1 Å². The fourth-order valence-corrected chi connectivity index (χ4v) is 3.60. The van der Waals surface area contributed by atoms with Crippen LogP contribution in [0.5, 0.6) is 0 Å². The average Bonchev–Trinajstić information content (AvgIpc) is 3.12. The number of rotatable bonds is 7. The SMILES string of the molecule is CCn1c(SCC(=O)N/N=C/c2cc(Br)ccc2F)nnc1-c1ccccc1. The first-order valence-corrected chi connectivity index (χ1v) is 10.2. The van der Waals surface area contributed by atoms with E-state index in [0.29, 0.717) is 11.7 Å². The first kappa shape index (κ1) is 20.2. The first-order valence-electron chi connectivity index (χ1n) is 8.47. The maximum atomic E-state index is 13.6. The maximum absolute atomic E-state index is 13.6. The molecule has 6 nitrogen and oxygen atoms in total. The molecule has 0 saturated carbocycles. The molecule has 1 heterocycles. The number of carbonyl (C=O) groups excluding carboxylic acids is 1. The molecule has 0 fully saturated rings. The number of nitrogens with one attached hydrogen (secondary N) is 1. The van der Waals surface area contributed by atoms with Crippen molar-refractivity contribution >= 4 is 39.8 Å². The molecule has 144 valence electrons. The monoisotopic (exact) mass is 461 g/mol. The Labute approximate surface area is 174 Å². The van der Waals surface area contributed by atoms with Crippen molar-refractivity contribution in [1.82, 2.24) is 20.2 Å². The lowest BCUT2D eigenvalue weighted by molar-refractivity contribution is -0.118. The average molecular weight is 462 g/mol. The lowest BCUT2D eigenvalue weighted by Gasteiger charge is -2.06. The van der Waals surface area contributed by atoms with Crippen molar-refractivity contribution in [2.45, 2.75) is 18.6 Å². The van der Waals surface area contributed by atoms with Gasteiger partial charge in [0, 0.05) is 22.1 Å². The molecule has 0 aliphatic heterocycles. The van der Waals surface area contributed by atoms with Crippen LogP contribution < -0.4 is 5.43 Å². The maximum Gasteiger partial charge on any atom is 0.250 e. The molecule has 3 rings (SSSR count). The summed E-state index contributed by atoms with van der Waals surface area (Å²) in [6.45, 7) is 2.68. The predicted octanol–water partition coefficient (Wildman–Crippen LogP) is 4.11. The van der Waals surface area contributed by atoms with Crippen molar-refractivity contribution in [3.63, 3.8) is 0 Å². The minimum atomic E-state index is -0.417. The lowest BCUT2D eigenvalue weighted by atomic mass is 10.2. The van der Waals surface area contributed by atoms with Gasteiger partial charge >= 0.3 is 0 Å². The normalized spacial score (nSPS) is 11.1. The third-order valence-corrected chi connectivity index (χ3v) is 5.21. The molecule has 0 radical (unpaired) electrons. The van der Waals surface area contributed by atoms with Gasteiger partial charge in [-0.2, -0.15) is 5.10 Å². The van der Waals surface area contributed by atoms with E-state index < -0.39 is 5.82 Å². The van der Waals surface area contributed by atoms with Crippen molar-refractivity contribution in [3.8, 4) is 11.4 Å². The standard InChI is InChI=1S/C19H17BrFN5OS/c1-2-26-18(13-6-4-3-5-7-13)24-25-19(26)28-12-17(27)23-22-11-14-10-15(20)8-9-16(14)21/h3-11H,2,12H2,1H3,(H,23,27)/b22-11+. The first-order chi connectivity index (χ1) is 13.6. The molecule has 0 atom stereocenters. The number of hydrogen-bond acceptors (Lipinski definition) is 5. The minimum absolute atomic E-state index is 0.116. The summed E-state index contributed by atoms with van der Waals surface area (Å²) in [6, 6.07) is 14.2. The van der Waals surface area contributed by atoms with Gasteiger partial charge in [-0.15, -0.1) is 10.2 Å². The summed E-state index contributed by atoms with van der Waals surface area (Å²) in [5.41, 5.74) is 3.64. The largest absolute Gasteiger partial charge is 0.302 e. The van der Waals surface area contributed by atoms with Gasteiger partial charge in [-0.05, 0) is 25.1 Å². The van der Waals surface area contributed by atoms with Crippen LogP contribution in [0.15, 0.2) is 63.3 Å². The molecule has 9 heteroatoms. The molecule has 28 heavy (non-hydrogen) atoms. The van der Waals surface area contributed by atoms with Crippen LogP contribution in [0.3, 0.4) is 0 Å². The molecule has 0 saturated heterocycles. The number of carbonyl (C=O) groups is 1. The van der Waals surface area contributed by atoms with Crippen LogP contribution >= 0.6 is 27.7 Å². The fourth-order valence-electron chi connectivity index (χ4n) is 2.43.